The SMILES string of the molecule is COc1ccc(-n2c(C)nnc2SCc2nc(-c3ccccc3OC)no2)cc1. The molecule has 0 saturated carbocycles. The molecule has 2 aromatic heterocycles. The highest BCUT2D eigenvalue weighted by Gasteiger charge is 2.16. The number of hydrogen-bond donors (Lipinski definition) is 0. The van der Waals surface area contributed by atoms with Crippen LogP contribution in [0.4, 0.5) is 0 Å². The minimum atomic E-state index is 0.469. The van der Waals surface area contributed by atoms with Gasteiger partial charge in [0.2, 0.25) is 11.7 Å². The molecule has 4 rings (SSSR count). The molecule has 0 atom stereocenters. The molecule has 9 heteroatoms. The van der Waals surface area contributed by atoms with E-state index in [9.17, 15) is 0 Å². The summed E-state index contributed by atoms with van der Waals surface area (Å²) in [4.78, 5) is 4.48. The standard InChI is InChI=1S/C20H19N5O3S/c1-13-22-23-20(25(13)14-8-10-15(26-2)11-9-14)29-12-18-21-19(24-28-18)16-6-4-5-7-17(16)27-3/h4-11H,12H2,1-3H3. The van der Waals surface area contributed by atoms with E-state index in [1.165, 1.54) is 11.8 Å². The maximum Gasteiger partial charge on any atom is 0.237 e. The lowest BCUT2D eigenvalue weighted by Gasteiger charge is -2.08. The summed E-state index contributed by atoms with van der Waals surface area (Å²) in [5.74, 6) is 3.74. The van der Waals surface area contributed by atoms with E-state index in [0.29, 0.717) is 23.2 Å². The largest absolute Gasteiger partial charge is 0.497 e. The number of rotatable bonds is 7. The van der Waals surface area contributed by atoms with Crippen molar-refractivity contribution in [1.82, 2.24) is 24.9 Å². The normalized spacial score (nSPS) is 10.9. The van der Waals surface area contributed by atoms with Crippen molar-refractivity contribution in [3.05, 3.63) is 60.2 Å². The molecule has 2 aromatic carbocycles. The zero-order chi connectivity index (χ0) is 20.2. The Hall–Kier alpha value is -3.33. The van der Waals surface area contributed by atoms with E-state index in [2.05, 4.69) is 20.3 Å². The van der Waals surface area contributed by atoms with Gasteiger partial charge in [-0.1, -0.05) is 29.1 Å². The van der Waals surface area contributed by atoms with Crippen LogP contribution in [-0.4, -0.2) is 39.1 Å². The molecule has 0 radical (unpaired) electrons. The molecule has 0 aliphatic rings. The maximum absolute atomic E-state index is 5.41. The average Bonchev–Trinajstić information content (AvgIpc) is 3.39. The van der Waals surface area contributed by atoms with Crippen molar-refractivity contribution in [3.63, 3.8) is 0 Å². The summed E-state index contributed by atoms with van der Waals surface area (Å²) in [7, 11) is 3.26. The van der Waals surface area contributed by atoms with E-state index < -0.39 is 0 Å². The Morgan fingerprint density at radius 1 is 1.00 bits per heavy atom. The van der Waals surface area contributed by atoms with Gasteiger partial charge in [-0.25, -0.2) is 0 Å². The van der Waals surface area contributed by atoms with Gasteiger partial charge in [0.25, 0.3) is 0 Å². The van der Waals surface area contributed by atoms with Crippen molar-refractivity contribution < 1.29 is 14.0 Å². The van der Waals surface area contributed by atoms with Gasteiger partial charge in [-0.15, -0.1) is 10.2 Å². The van der Waals surface area contributed by atoms with E-state index in [-0.39, 0.29) is 0 Å². The summed E-state index contributed by atoms with van der Waals surface area (Å²) in [6, 6.07) is 15.3. The molecule has 148 valence electrons. The van der Waals surface area contributed by atoms with Gasteiger partial charge in [0.05, 0.1) is 25.5 Å². The van der Waals surface area contributed by atoms with Crippen LogP contribution in [0.15, 0.2) is 58.2 Å². The van der Waals surface area contributed by atoms with Crippen molar-refractivity contribution >= 4 is 11.8 Å². The third kappa shape index (κ3) is 3.95. The number of aryl methyl sites for hydroxylation is 1. The van der Waals surface area contributed by atoms with Crippen molar-refractivity contribution in [1.29, 1.82) is 0 Å². The summed E-state index contributed by atoms with van der Waals surface area (Å²) >= 11 is 1.47. The molecule has 0 N–H and O–H groups in total. The van der Waals surface area contributed by atoms with Crippen LogP contribution >= 0.6 is 11.8 Å². The number of hydrogen-bond acceptors (Lipinski definition) is 8. The van der Waals surface area contributed by atoms with Crippen LogP contribution in [0.1, 0.15) is 11.7 Å². The number of ether oxygens (including phenoxy) is 2. The minimum Gasteiger partial charge on any atom is -0.497 e. The van der Waals surface area contributed by atoms with Crippen LogP contribution in [0.2, 0.25) is 0 Å². The molecule has 0 fully saturated rings. The second kappa shape index (κ2) is 8.36. The molecule has 0 amide bonds. The Labute approximate surface area is 171 Å². The van der Waals surface area contributed by atoms with Gasteiger partial charge >= 0.3 is 0 Å². The molecule has 2 heterocycles. The van der Waals surface area contributed by atoms with Gasteiger partial charge < -0.3 is 14.0 Å². The zero-order valence-electron chi connectivity index (χ0n) is 16.2. The fourth-order valence-electron chi connectivity index (χ4n) is 2.84. The van der Waals surface area contributed by atoms with Gasteiger partial charge in [0.15, 0.2) is 5.16 Å². The van der Waals surface area contributed by atoms with Crippen molar-refractivity contribution in [2.75, 3.05) is 14.2 Å². The van der Waals surface area contributed by atoms with Crippen LogP contribution in [0, 0.1) is 6.92 Å². The number of thioether (sulfide) groups is 1. The number of para-hydroxylation sites is 1. The average molecular weight is 409 g/mol. The number of benzene rings is 2. The molecule has 0 saturated heterocycles. The highest BCUT2D eigenvalue weighted by Crippen LogP contribution is 2.29. The fourth-order valence-corrected chi connectivity index (χ4v) is 3.68. The highest BCUT2D eigenvalue weighted by molar-refractivity contribution is 7.98. The lowest BCUT2D eigenvalue weighted by molar-refractivity contribution is 0.390. The molecule has 29 heavy (non-hydrogen) atoms. The molecule has 0 spiro atoms. The molecule has 4 aromatic rings. The highest BCUT2D eigenvalue weighted by atomic mass is 32.2. The third-order valence-electron chi connectivity index (χ3n) is 4.27. The quantitative estimate of drug-likeness (QED) is 0.424. The van der Waals surface area contributed by atoms with Gasteiger partial charge in [-0.3, -0.25) is 4.57 Å². The summed E-state index contributed by atoms with van der Waals surface area (Å²) in [6.45, 7) is 1.91. The zero-order valence-corrected chi connectivity index (χ0v) is 17.0. The first-order valence-electron chi connectivity index (χ1n) is 8.85. The van der Waals surface area contributed by atoms with Gasteiger partial charge in [0, 0.05) is 5.69 Å². The lowest BCUT2D eigenvalue weighted by atomic mass is 10.2. The topological polar surface area (TPSA) is 88.1 Å². The molecular weight excluding hydrogens is 390 g/mol. The minimum absolute atomic E-state index is 0.469. The van der Waals surface area contributed by atoms with E-state index in [1.807, 2.05) is 60.0 Å². The van der Waals surface area contributed by atoms with Crippen LogP contribution in [-0.2, 0) is 5.75 Å². The predicted molar refractivity (Wildman–Crippen MR) is 108 cm³/mol. The Kier molecular flexibility index (Phi) is 5.48. The monoisotopic (exact) mass is 409 g/mol. The summed E-state index contributed by atoms with van der Waals surface area (Å²) in [5.41, 5.74) is 1.74. The van der Waals surface area contributed by atoms with Gasteiger partial charge in [0.1, 0.15) is 17.3 Å². The first-order chi connectivity index (χ1) is 14.2. The summed E-state index contributed by atoms with van der Waals surface area (Å²) in [5, 5.41) is 13.3. The molecule has 0 aliphatic carbocycles. The molecular formula is C20H19N5O3S. The van der Waals surface area contributed by atoms with Crippen LogP contribution in [0.3, 0.4) is 0 Å². The van der Waals surface area contributed by atoms with E-state index in [4.69, 9.17) is 14.0 Å². The maximum atomic E-state index is 5.41. The second-order valence-corrected chi connectivity index (χ2v) is 7.01. The summed E-state index contributed by atoms with van der Waals surface area (Å²) < 4.78 is 18.0. The van der Waals surface area contributed by atoms with E-state index in [1.54, 1.807) is 14.2 Å². The number of aromatic nitrogens is 5. The van der Waals surface area contributed by atoms with E-state index >= 15 is 0 Å². The van der Waals surface area contributed by atoms with Crippen molar-refractivity contribution in [3.8, 4) is 28.6 Å². The Morgan fingerprint density at radius 3 is 2.55 bits per heavy atom. The number of nitrogens with zero attached hydrogens (tertiary/aromatic N) is 5. The van der Waals surface area contributed by atoms with Gasteiger partial charge in [-0.2, -0.15) is 4.98 Å². The molecule has 0 unspecified atom stereocenters. The fraction of sp³-hybridized carbons (Fsp3) is 0.200. The molecule has 0 bridgehead atoms. The first-order valence-corrected chi connectivity index (χ1v) is 9.83. The molecule has 8 nitrogen and oxygen atoms in total. The Balaban J connectivity index is 1.53. The van der Waals surface area contributed by atoms with Crippen LogP contribution < -0.4 is 9.47 Å². The second-order valence-electron chi connectivity index (χ2n) is 6.06. The van der Waals surface area contributed by atoms with E-state index in [0.717, 1.165) is 28.0 Å². The molecule has 0 aliphatic heterocycles. The summed E-state index contributed by atoms with van der Waals surface area (Å²) in [6.07, 6.45) is 0. The van der Waals surface area contributed by atoms with Crippen molar-refractivity contribution in [2.24, 2.45) is 0 Å². The van der Waals surface area contributed by atoms with Gasteiger partial charge in [-0.05, 0) is 43.3 Å². The Morgan fingerprint density at radius 2 is 1.79 bits per heavy atom. The van der Waals surface area contributed by atoms with Crippen LogP contribution in [0.25, 0.3) is 17.1 Å². The Bertz CT molecular complexity index is 1110. The third-order valence-corrected chi connectivity index (χ3v) is 5.18. The lowest BCUT2D eigenvalue weighted by Crippen LogP contribution is -1.99. The van der Waals surface area contributed by atoms with Crippen LogP contribution in [0.5, 0.6) is 11.5 Å². The predicted octanol–water partition coefficient (Wildman–Crippen LogP) is 3.94. The van der Waals surface area contributed by atoms with Crippen molar-refractivity contribution in [2.45, 2.75) is 17.8 Å². The first kappa shape index (κ1) is 19.0. The smallest absolute Gasteiger partial charge is 0.237 e. The number of methoxy groups -OCH3 is 2.